The first-order valence-electron chi connectivity index (χ1n) is 13.5. The molecule has 2 fully saturated rings. The number of fused-ring (bicyclic) bond motifs is 2. The lowest BCUT2D eigenvalue weighted by atomic mass is 9.81. The molecule has 4 aromatic carbocycles. The van der Waals surface area contributed by atoms with Gasteiger partial charge < -0.3 is 0 Å². The molecule has 2 aliphatic carbocycles. The van der Waals surface area contributed by atoms with E-state index in [9.17, 15) is 17.6 Å². The van der Waals surface area contributed by atoms with Crippen LogP contribution in [0.2, 0.25) is 0 Å². The number of benzene rings is 4. The highest BCUT2D eigenvalue weighted by Gasteiger charge is 2.48. The third-order valence-electron chi connectivity index (χ3n) is 8.54. The highest BCUT2D eigenvalue weighted by Crippen LogP contribution is 2.58. The molecule has 0 aliphatic heterocycles. The van der Waals surface area contributed by atoms with Crippen LogP contribution >= 0.6 is 15.8 Å². The average molecular weight is 565 g/mol. The van der Waals surface area contributed by atoms with E-state index < -0.39 is 15.8 Å². The fraction of sp³-hybridized carbons (Fsp3) is 0.273. The van der Waals surface area contributed by atoms with Gasteiger partial charge >= 0.3 is 0 Å². The Balaban J connectivity index is 1.36. The van der Waals surface area contributed by atoms with Gasteiger partial charge in [0.1, 0.15) is 23.3 Å². The molecule has 0 aromatic heterocycles. The summed E-state index contributed by atoms with van der Waals surface area (Å²) in [5, 5.41) is 3.70. The first-order valence-corrected chi connectivity index (χ1v) is 16.6. The maximum absolute atomic E-state index is 14.4. The molecule has 6 heteroatoms. The quantitative estimate of drug-likeness (QED) is 0.154. The van der Waals surface area contributed by atoms with E-state index in [0.717, 1.165) is 33.5 Å². The summed E-state index contributed by atoms with van der Waals surface area (Å²) >= 11 is 0. The number of hydrogen-bond acceptors (Lipinski definition) is 0. The zero-order valence-corrected chi connectivity index (χ0v) is 23.3. The van der Waals surface area contributed by atoms with Crippen LogP contribution < -0.4 is 21.2 Å². The maximum atomic E-state index is 14.4. The normalized spacial score (nSPS) is 22.2. The molecule has 0 heterocycles. The van der Waals surface area contributed by atoms with E-state index in [1.165, 1.54) is 43.5 Å². The van der Waals surface area contributed by atoms with E-state index in [1.807, 2.05) is 24.3 Å². The van der Waals surface area contributed by atoms with Gasteiger partial charge in [0.15, 0.2) is 0 Å². The Morgan fingerprint density at radius 2 is 0.795 bits per heavy atom. The van der Waals surface area contributed by atoms with Gasteiger partial charge in [-0.25, -0.2) is 17.6 Å². The minimum absolute atomic E-state index is 0.276. The van der Waals surface area contributed by atoms with E-state index in [0.29, 0.717) is 23.7 Å². The topological polar surface area (TPSA) is 0 Å². The molecule has 6 rings (SSSR count). The molecule has 0 radical (unpaired) electrons. The second-order valence-corrected chi connectivity index (χ2v) is 15.3. The van der Waals surface area contributed by atoms with Crippen LogP contribution in [0.1, 0.15) is 19.3 Å². The minimum Gasteiger partial charge on any atom is -0.207 e. The van der Waals surface area contributed by atoms with Gasteiger partial charge in [-0.3, -0.25) is 0 Å². The molecule has 4 aromatic rings. The van der Waals surface area contributed by atoms with Crippen LogP contribution in [0.15, 0.2) is 97.1 Å². The van der Waals surface area contributed by atoms with E-state index in [-0.39, 0.29) is 23.3 Å². The first kappa shape index (κ1) is 26.7. The molecule has 0 saturated heterocycles. The summed E-state index contributed by atoms with van der Waals surface area (Å²) in [6.45, 7) is 0. The minimum atomic E-state index is -0.969. The Kier molecular flexibility index (Phi) is 7.88. The van der Waals surface area contributed by atoms with Crippen molar-refractivity contribution < 1.29 is 17.6 Å². The van der Waals surface area contributed by atoms with E-state index in [1.54, 1.807) is 48.5 Å². The highest BCUT2D eigenvalue weighted by atomic mass is 31.1. The van der Waals surface area contributed by atoms with Crippen LogP contribution in [0, 0.1) is 46.9 Å². The van der Waals surface area contributed by atoms with Gasteiger partial charge in [0.25, 0.3) is 0 Å². The molecule has 39 heavy (non-hydrogen) atoms. The second kappa shape index (κ2) is 11.5. The number of halogens is 4. The lowest BCUT2D eigenvalue weighted by Gasteiger charge is -2.36. The smallest absolute Gasteiger partial charge is 0.123 e. The van der Waals surface area contributed by atoms with Crippen molar-refractivity contribution in [1.29, 1.82) is 0 Å². The van der Waals surface area contributed by atoms with Gasteiger partial charge in [-0.1, -0.05) is 48.5 Å². The van der Waals surface area contributed by atoms with Crippen LogP contribution in [-0.2, 0) is 0 Å². The fourth-order valence-corrected chi connectivity index (χ4v) is 12.4. The van der Waals surface area contributed by atoms with E-state index in [2.05, 4.69) is 0 Å². The van der Waals surface area contributed by atoms with Crippen LogP contribution in [0.5, 0.6) is 0 Å². The average Bonchev–Trinajstić information content (AvgIpc) is 3.52. The summed E-state index contributed by atoms with van der Waals surface area (Å²) in [5.74, 6) is 0.835. The van der Waals surface area contributed by atoms with Gasteiger partial charge in [0.2, 0.25) is 0 Å². The molecular weight excluding hydrogens is 534 g/mol. The van der Waals surface area contributed by atoms with Crippen molar-refractivity contribution in [2.75, 3.05) is 12.3 Å². The number of hydrogen-bond donors (Lipinski definition) is 0. The third kappa shape index (κ3) is 5.84. The third-order valence-corrected chi connectivity index (χ3v) is 13.7. The van der Waals surface area contributed by atoms with Crippen LogP contribution in [0.3, 0.4) is 0 Å². The Morgan fingerprint density at radius 1 is 0.487 bits per heavy atom. The summed E-state index contributed by atoms with van der Waals surface area (Å²) in [4.78, 5) is 0. The Hall–Kier alpha value is -2.54. The standard InChI is InChI=1S/C33H30F4P2/c34-24-5-1-9-28(16-24)38(29-10-2-6-25(35)17-29)20-32-22-13-14-23(15-22)33(32)21-39(30-11-3-7-26(36)18-30)31-12-4-8-27(37)19-31/h1-12,16-19,22-23,32-33H,13-15,20-21H2. The summed E-state index contributed by atoms with van der Waals surface area (Å²) < 4.78 is 57.4. The van der Waals surface area contributed by atoms with Crippen molar-refractivity contribution in [3.63, 3.8) is 0 Å². The predicted molar refractivity (Wildman–Crippen MR) is 156 cm³/mol. The van der Waals surface area contributed by atoms with Crippen molar-refractivity contribution in [1.82, 2.24) is 0 Å². The van der Waals surface area contributed by atoms with E-state index in [4.69, 9.17) is 0 Å². The summed E-state index contributed by atoms with van der Waals surface area (Å²) in [6.07, 6.45) is 5.26. The summed E-state index contributed by atoms with van der Waals surface area (Å²) in [6, 6.07) is 27.0. The Morgan fingerprint density at radius 3 is 1.08 bits per heavy atom. The molecular formula is C33H30F4P2. The van der Waals surface area contributed by atoms with Crippen LogP contribution in [-0.4, -0.2) is 12.3 Å². The number of rotatable bonds is 8. The van der Waals surface area contributed by atoms with Gasteiger partial charge in [0, 0.05) is 0 Å². The van der Waals surface area contributed by atoms with Crippen LogP contribution in [0.25, 0.3) is 0 Å². The van der Waals surface area contributed by atoms with Crippen molar-refractivity contribution in [3.8, 4) is 0 Å². The largest absolute Gasteiger partial charge is 0.207 e. The second-order valence-electron chi connectivity index (χ2n) is 10.8. The molecule has 0 nitrogen and oxygen atoms in total. The first-order chi connectivity index (χ1) is 18.9. The molecule has 0 amide bonds. The maximum Gasteiger partial charge on any atom is 0.123 e. The molecule has 2 bridgehead atoms. The zero-order chi connectivity index (χ0) is 26.9. The molecule has 0 N–H and O–H groups in total. The van der Waals surface area contributed by atoms with Crippen molar-refractivity contribution in [2.24, 2.45) is 23.7 Å². The van der Waals surface area contributed by atoms with Gasteiger partial charge in [-0.2, -0.15) is 0 Å². The molecule has 2 aliphatic rings. The molecule has 0 spiro atoms. The molecule has 200 valence electrons. The van der Waals surface area contributed by atoms with E-state index >= 15 is 0 Å². The van der Waals surface area contributed by atoms with Crippen molar-refractivity contribution >= 4 is 37.1 Å². The SMILES string of the molecule is Fc1cccc(P(CC2C3CCC(C3)C2CP(c2cccc(F)c2)c2cccc(F)c2)c2cccc(F)c2)c1. The van der Waals surface area contributed by atoms with Crippen molar-refractivity contribution in [2.45, 2.75) is 19.3 Å². The van der Waals surface area contributed by atoms with Gasteiger partial charge in [0.05, 0.1) is 0 Å². The lowest BCUT2D eigenvalue weighted by molar-refractivity contribution is 0.267. The van der Waals surface area contributed by atoms with Crippen LogP contribution in [0.4, 0.5) is 17.6 Å². The fourth-order valence-electron chi connectivity index (χ4n) is 6.82. The highest BCUT2D eigenvalue weighted by molar-refractivity contribution is 7.73. The summed E-state index contributed by atoms with van der Waals surface area (Å²) in [5.41, 5.74) is 0. The lowest BCUT2D eigenvalue weighted by Crippen LogP contribution is -2.32. The summed E-state index contributed by atoms with van der Waals surface area (Å²) in [7, 11) is -1.94. The predicted octanol–water partition coefficient (Wildman–Crippen LogP) is 7.47. The van der Waals surface area contributed by atoms with Gasteiger partial charge in [-0.05, 0) is 141 Å². The van der Waals surface area contributed by atoms with Gasteiger partial charge in [-0.15, -0.1) is 0 Å². The molecule has 4 atom stereocenters. The Labute approximate surface area is 230 Å². The Bertz CT molecular complexity index is 1260. The molecule has 2 saturated carbocycles. The van der Waals surface area contributed by atoms with Crippen molar-refractivity contribution in [3.05, 3.63) is 120 Å². The molecule has 4 unspecified atom stereocenters. The zero-order valence-electron chi connectivity index (χ0n) is 21.5. The monoisotopic (exact) mass is 564 g/mol.